The van der Waals surface area contributed by atoms with E-state index in [1.165, 1.54) is 10.4 Å². The molecule has 1 aliphatic heterocycles. The van der Waals surface area contributed by atoms with Gasteiger partial charge in [-0.3, -0.25) is 0 Å². The summed E-state index contributed by atoms with van der Waals surface area (Å²) in [6.45, 7) is 23.3. The van der Waals surface area contributed by atoms with Crippen LogP contribution in [0.2, 0.25) is 23.2 Å². The van der Waals surface area contributed by atoms with Gasteiger partial charge in [0, 0.05) is 11.5 Å². The zero-order valence-electron chi connectivity index (χ0n) is 26.2. The number of hydrogen-bond donors (Lipinski definition) is 0. The first kappa shape index (κ1) is 30.4. The molecule has 4 rings (SSSR count). The van der Waals surface area contributed by atoms with Crippen LogP contribution in [0.5, 0.6) is 11.5 Å². The van der Waals surface area contributed by atoms with E-state index in [0.717, 1.165) is 22.6 Å². The van der Waals surface area contributed by atoms with Crippen LogP contribution in [0.4, 0.5) is 0 Å². The summed E-state index contributed by atoms with van der Waals surface area (Å²) < 4.78 is 20.6. The highest BCUT2D eigenvalue weighted by atomic mass is 28.4. The highest BCUT2D eigenvalue weighted by Gasteiger charge is 2.52. The smallest absolute Gasteiger partial charge is 0.319 e. The zero-order valence-corrected chi connectivity index (χ0v) is 28.2. The monoisotopic (exact) mass is 572 g/mol. The fraction of sp³-hybridized carbons (Fsp3) is 0.429. The van der Waals surface area contributed by atoms with Crippen LogP contribution in [-0.4, -0.2) is 29.3 Å². The molecule has 0 aromatic heterocycles. The second kappa shape index (κ2) is 11.3. The van der Waals surface area contributed by atoms with Crippen molar-refractivity contribution in [3.63, 3.8) is 0 Å². The van der Waals surface area contributed by atoms with Crippen molar-refractivity contribution in [3.8, 4) is 11.5 Å². The van der Waals surface area contributed by atoms with Crippen LogP contribution in [0.25, 0.3) is 0 Å². The number of aryl methyl sites for hydroxylation is 1. The average Bonchev–Trinajstić information content (AvgIpc) is 3.03. The van der Waals surface area contributed by atoms with Crippen molar-refractivity contribution < 1.29 is 13.6 Å². The number of benzene rings is 3. The molecule has 0 aliphatic carbocycles. The molecule has 2 atom stereocenters. The second-order valence-corrected chi connectivity index (χ2v) is 22.9. The summed E-state index contributed by atoms with van der Waals surface area (Å²) in [5.41, 5.74) is 2.24. The molecule has 40 heavy (non-hydrogen) atoms. The molecule has 1 aliphatic rings. The Hall–Kier alpha value is -2.61. The summed E-state index contributed by atoms with van der Waals surface area (Å²) in [4.78, 5) is 0. The van der Waals surface area contributed by atoms with Crippen molar-refractivity contribution in [3.05, 3.63) is 96.1 Å². The number of hydrogen-bond acceptors (Lipinski definition) is 3. The highest BCUT2D eigenvalue weighted by Crippen LogP contribution is 2.42. The molecule has 0 amide bonds. The van der Waals surface area contributed by atoms with Crippen molar-refractivity contribution in [2.24, 2.45) is 0 Å². The third kappa shape index (κ3) is 6.02. The van der Waals surface area contributed by atoms with Crippen molar-refractivity contribution >= 4 is 27.0 Å². The lowest BCUT2D eigenvalue weighted by Gasteiger charge is -2.43. The third-order valence-electron chi connectivity index (χ3n) is 8.79. The number of ether oxygens (including phenoxy) is 1. The van der Waals surface area contributed by atoms with Gasteiger partial charge in [0.25, 0.3) is 0 Å². The van der Waals surface area contributed by atoms with Gasteiger partial charge < -0.3 is 13.6 Å². The van der Waals surface area contributed by atoms with E-state index in [2.05, 4.69) is 153 Å². The predicted molar refractivity (Wildman–Crippen MR) is 175 cm³/mol. The predicted octanol–water partition coefficient (Wildman–Crippen LogP) is 8.38. The minimum Gasteiger partial charge on any atom is -0.534 e. The summed E-state index contributed by atoms with van der Waals surface area (Å²) in [7, 11) is -4.61. The fourth-order valence-corrected chi connectivity index (χ4v) is 10.7. The van der Waals surface area contributed by atoms with Gasteiger partial charge in [0.05, 0.1) is 6.61 Å². The Morgan fingerprint density at radius 2 is 1.32 bits per heavy atom. The van der Waals surface area contributed by atoms with E-state index < -0.39 is 16.6 Å². The lowest BCUT2D eigenvalue weighted by molar-refractivity contribution is 0.154. The summed E-state index contributed by atoms with van der Waals surface area (Å²) in [6, 6.07) is 26.1. The number of allylic oxidation sites excluding steroid dienone is 1. The Kier molecular flexibility index (Phi) is 8.61. The first-order valence-electron chi connectivity index (χ1n) is 14.6. The molecule has 3 aromatic rings. The van der Waals surface area contributed by atoms with Gasteiger partial charge in [-0.25, -0.2) is 0 Å². The Balaban J connectivity index is 1.74. The van der Waals surface area contributed by atoms with Crippen molar-refractivity contribution in [2.75, 3.05) is 6.61 Å². The molecule has 1 heterocycles. The van der Waals surface area contributed by atoms with Crippen molar-refractivity contribution in [1.82, 2.24) is 0 Å². The maximum Gasteiger partial charge on any atom is 0.319 e. The Labute approximate surface area is 244 Å². The molecule has 3 nitrogen and oxygen atoms in total. The van der Waals surface area contributed by atoms with Crippen LogP contribution in [0, 0.1) is 6.92 Å². The van der Waals surface area contributed by atoms with E-state index in [-0.39, 0.29) is 22.1 Å². The van der Waals surface area contributed by atoms with E-state index in [0.29, 0.717) is 6.61 Å². The third-order valence-corrected chi connectivity index (χ3v) is 18.2. The van der Waals surface area contributed by atoms with E-state index >= 15 is 0 Å². The Morgan fingerprint density at radius 3 is 1.82 bits per heavy atom. The maximum absolute atomic E-state index is 7.42. The minimum absolute atomic E-state index is 0.108. The molecule has 214 valence electrons. The highest BCUT2D eigenvalue weighted by molar-refractivity contribution is 7.00. The first-order chi connectivity index (χ1) is 18.7. The zero-order chi connectivity index (χ0) is 29.3. The molecule has 0 fully saturated rings. The van der Waals surface area contributed by atoms with Crippen LogP contribution in [-0.2, 0) is 4.43 Å². The molecular weight excluding hydrogens is 525 g/mol. The van der Waals surface area contributed by atoms with Crippen LogP contribution in [0.3, 0.4) is 0 Å². The van der Waals surface area contributed by atoms with E-state index in [1.807, 2.05) is 0 Å². The van der Waals surface area contributed by atoms with Gasteiger partial charge in [-0.2, -0.15) is 0 Å². The SMILES string of the molecule is Cc1cc2c(cc1O[Si](c1ccccc1)(c1ccccc1)C(C)(C)C)[C@H](C)C=C[C@H](CO[Si](C)(C)C(C)(C)C)O2. The molecular formula is C35H48O3Si2. The Morgan fingerprint density at radius 1 is 0.775 bits per heavy atom. The molecule has 0 saturated carbocycles. The second-order valence-electron chi connectivity index (χ2n) is 13.8. The summed E-state index contributed by atoms with van der Waals surface area (Å²) in [5.74, 6) is 2.07. The molecule has 0 saturated heterocycles. The summed E-state index contributed by atoms with van der Waals surface area (Å²) in [6.07, 6.45) is 4.32. The molecule has 0 spiro atoms. The topological polar surface area (TPSA) is 27.7 Å². The quantitative estimate of drug-likeness (QED) is 0.210. The lowest BCUT2D eigenvalue weighted by Crippen LogP contribution is -2.68. The van der Waals surface area contributed by atoms with Crippen LogP contribution >= 0.6 is 0 Å². The van der Waals surface area contributed by atoms with Crippen LogP contribution < -0.4 is 19.5 Å². The normalized spacial score (nSPS) is 18.1. The molecule has 0 unspecified atom stereocenters. The van der Waals surface area contributed by atoms with E-state index in [1.54, 1.807) is 0 Å². The maximum atomic E-state index is 7.42. The number of fused-ring (bicyclic) bond motifs is 1. The van der Waals surface area contributed by atoms with E-state index in [9.17, 15) is 0 Å². The molecule has 0 radical (unpaired) electrons. The molecule has 0 N–H and O–H groups in total. The van der Waals surface area contributed by atoms with Gasteiger partial charge in [-0.1, -0.05) is 115 Å². The molecule has 3 aromatic carbocycles. The summed E-state index contributed by atoms with van der Waals surface area (Å²) >= 11 is 0. The average molecular weight is 573 g/mol. The van der Waals surface area contributed by atoms with Gasteiger partial charge >= 0.3 is 8.32 Å². The van der Waals surface area contributed by atoms with E-state index in [4.69, 9.17) is 13.6 Å². The van der Waals surface area contributed by atoms with Gasteiger partial charge in [-0.05, 0) is 64.2 Å². The van der Waals surface area contributed by atoms with Gasteiger partial charge in [0.1, 0.15) is 17.6 Å². The van der Waals surface area contributed by atoms with Crippen LogP contribution in [0.1, 0.15) is 65.5 Å². The largest absolute Gasteiger partial charge is 0.534 e. The van der Waals surface area contributed by atoms with Crippen LogP contribution in [0.15, 0.2) is 84.9 Å². The Bertz CT molecular complexity index is 1280. The van der Waals surface area contributed by atoms with Gasteiger partial charge in [-0.15, -0.1) is 0 Å². The summed E-state index contributed by atoms with van der Waals surface area (Å²) in [5, 5.41) is 2.60. The van der Waals surface area contributed by atoms with Crippen molar-refractivity contribution in [2.45, 2.75) is 90.6 Å². The number of rotatable bonds is 7. The standard InChI is InChI=1S/C35H48O3Si2/c1-26-21-22-28(25-36-39(9,10)34(3,4)5)37-33-23-27(2)32(24-31(26)33)38-40(35(6,7)8,29-17-13-11-14-18-29)30-19-15-12-16-20-30/h11-24,26,28H,25H2,1-10H3/t26-,28-/m1/s1. The molecule has 0 bridgehead atoms. The molecule has 5 heteroatoms. The minimum atomic E-state index is -2.74. The lowest BCUT2D eigenvalue weighted by atomic mass is 9.98. The first-order valence-corrected chi connectivity index (χ1v) is 19.4. The fourth-order valence-electron chi connectivity index (χ4n) is 5.25. The van der Waals surface area contributed by atoms with Crippen molar-refractivity contribution in [1.29, 1.82) is 0 Å². The van der Waals surface area contributed by atoms with Gasteiger partial charge in [0.2, 0.25) is 0 Å². The van der Waals surface area contributed by atoms with Gasteiger partial charge in [0.15, 0.2) is 8.32 Å².